The van der Waals surface area contributed by atoms with Crippen molar-refractivity contribution in [3.05, 3.63) is 53.8 Å². The lowest BCUT2D eigenvalue weighted by Crippen LogP contribution is -2.30. The smallest absolute Gasteiger partial charge is 0.261 e. The number of carbonyl (C=O) groups excluding carboxylic acids is 1. The molecule has 0 spiro atoms. The van der Waals surface area contributed by atoms with Crippen LogP contribution in [-0.2, 0) is 14.8 Å². The Morgan fingerprint density at radius 3 is 2.50 bits per heavy atom. The van der Waals surface area contributed by atoms with Crippen LogP contribution in [-0.4, -0.2) is 27.0 Å². The molecular weight excluding hydrogens is 359 g/mol. The van der Waals surface area contributed by atoms with Gasteiger partial charge in [-0.3, -0.25) is 9.52 Å². The summed E-state index contributed by atoms with van der Waals surface area (Å²) in [6.45, 7) is 1.59. The maximum absolute atomic E-state index is 12.9. The van der Waals surface area contributed by atoms with Crippen LogP contribution in [0.15, 0.2) is 47.4 Å². The van der Waals surface area contributed by atoms with E-state index >= 15 is 0 Å². The molecule has 0 bridgehead atoms. The summed E-state index contributed by atoms with van der Waals surface area (Å²) in [6, 6.07) is 9.66. The van der Waals surface area contributed by atoms with E-state index in [-0.39, 0.29) is 29.1 Å². The minimum atomic E-state index is -3.81. The molecule has 8 heteroatoms. The Balaban J connectivity index is 1.67. The molecule has 1 aliphatic carbocycles. The van der Waals surface area contributed by atoms with Gasteiger partial charge >= 0.3 is 0 Å². The number of anilines is 1. The molecule has 0 radical (unpaired) electrons. The molecule has 2 aromatic rings. The maximum atomic E-state index is 12.9. The largest absolute Gasteiger partial charge is 0.484 e. The summed E-state index contributed by atoms with van der Waals surface area (Å²) in [6.07, 6.45) is 2.00. The summed E-state index contributed by atoms with van der Waals surface area (Å²) in [5.41, 5.74) is 0.854. The quantitative estimate of drug-likeness (QED) is 0.776. The number of sulfonamides is 1. The van der Waals surface area contributed by atoms with Gasteiger partial charge in [-0.15, -0.1) is 0 Å². The topological polar surface area (TPSA) is 84.5 Å². The molecule has 0 aliphatic heterocycles. The number of hydrogen-bond acceptors (Lipinski definition) is 4. The van der Waals surface area contributed by atoms with Crippen molar-refractivity contribution in [2.75, 3.05) is 11.3 Å². The number of hydrogen-bond donors (Lipinski definition) is 2. The zero-order valence-corrected chi connectivity index (χ0v) is 15.0. The summed E-state index contributed by atoms with van der Waals surface area (Å²) in [7, 11) is -3.81. The van der Waals surface area contributed by atoms with Crippen molar-refractivity contribution >= 4 is 21.6 Å². The zero-order valence-electron chi connectivity index (χ0n) is 14.2. The number of rotatable bonds is 7. The Bertz CT molecular complexity index is 909. The van der Waals surface area contributed by atoms with Crippen LogP contribution < -0.4 is 14.8 Å². The summed E-state index contributed by atoms with van der Waals surface area (Å²) >= 11 is 0. The molecule has 1 saturated carbocycles. The Hall–Kier alpha value is -2.61. The SMILES string of the molecule is Cc1cc(S(=O)(=O)Nc2ccc(F)cc2)ccc1OCC(=O)NC1CC1. The Morgan fingerprint density at radius 1 is 1.19 bits per heavy atom. The molecule has 2 N–H and O–H groups in total. The standard InChI is InChI=1S/C18H19FN2O4S/c1-12-10-16(26(23,24)21-15-4-2-13(19)3-5-15)8-9-17(12)25-11-18(22)20-14-6-7-14/h2-5,8-10,14,21H,6-7,11H2,1H3,(H,20,22). The zero-order chi connectivity index (χ0) is 18.7. The van der Waals surface area contributed by atoms with Crippen LogP contribution >= 0.6 is 0 Å². The summed E-state index contributed by atoms with van der Waals surface area (Å²) < 4.78 is 45.6. The van der Waals surface area contributed by atoms with Crippen LogP contribution in [0, 0.1) is 12.7 Å². The molecule has 1 aliphatic rings. The van der Waals surface area contributed by atoms with Gasteiger partial charge in [-0.2, -0.15) is 0 Å². The first-order valence-corrected chi connectivity index (χ1v) is 9.63. The molecule has 0 atom stereocenters. The highest BCUT2D eigenvalue weighted by atomic mass is 32.2. The van der Waals surface area contributed by atoms with Gasteiger partial charge in [-0.25, -0.2) is 12.8 Å². The molecular formula is C18H19FN2O4S. The molecule has 0 heterocycles. The fraction of sp³-hybridized carbons (Fsp3) is 0.278. The van der Waals surface area contributed by atoms with Gasteiger partial charge in [-0.1, -0.05) is 0 Å². The van der Waals surface area contributed by atoms with Crippen LogP contribution in [0.4, 0.5) is 10.1 Å². The lowest BCUT2D eigenvalue weighted by Gasteiger charge is -2.12. The number of benzene rings is 2. The van der Waals surface area contributed by atoms with Gasteiger partial charge in [0.1, 0.15) is 11.6 Å². The van der Waals surface area contributed by atoms with Gasteiger partial charge in [0.15, 0.2) is 6.61 Å². The van der Waals surface area contributed by atoms with Crippen LogP contribution in [0.3, 0.4) is 0 Å². The molecule has 1 amide bonds. The summed E-state index contributed by atoms with van der Waals surface area (Å²) in [5.74, 6) is -0.200. The van der Waals surface area contributed by atoms with E-state index in [0.717, 1.165) is 12.8 Å². The summed E-state index contributed by atoms with van der Waals surface area (Å²) in [5, 5.41) is 2.81. The number of aryl methyl sites for hydroxylation is 1. The van der Waals surface area contributed by atoms with Crippen molar-refractivity contribution in [1.29, 1.82) is 0 Å². The lowest BCUT2D eigenvalue weighted by molar-refractivity contribution is -0.123. The molecule has 0 saturated heterocycles. The first kappa shape index (κ1) is 18.2. The lowest BCUT2D eigenvalue weighted by atomic mass is 10.2. The second kappa shape index (κ2) is 7.33. The Morgan fingerprint density at radius 2 is 1.88 bits per heavy atom. The average molecular weight is 378 g/mol. The second-order valence-corrected chi connectivity index (χ2v) is 7.85. The predicted octanol–water partition coefficient (Wildman–Crippen LogP) is 2.59. The van der Waals surface area contributed by atoms with Gasteiger partial charge in [0.2, 0.25) is 0 Å². The molecule has 0 unspecified atom stereocenters. The van der Waals surface area contributed by atoms with Gasteiger partial charge in [0, 0.05) is 11.7 Å². The van der Waals surface area contributed by atoms with E-state index in [1.54, 1.807) is 6.92 Å². The number of carbonyl (C=O) groups is 1. The van der Waals surface area contributed by atoms with Crippen LogP contribution in [0.5, 0.6) is 5.75 Å². The highest BCUT2D eigenvalue weighted by Crippen LogP contribution is 2.24. The molecule has 6 nitrogen and oxygen atoms in total. The van der Waals surface area contributed by atoms with Crippen molar-refractivity contribution in [2.45, 2.75) is 30.7 Å². The summed E-state index contributed by atoms with van der Waals surface area (Å²) in [4.78, 5) is 11.7. The molecule has 2 aromatic carbocycles. The van der Waals surface area contributed by atoms with E-state index in [1.165, 1.54) is 42.5 Å². The third kappa shape index (κ3) is 4.72. The monoisotopic (exact) mass is 378 g/mol. The normalized spacial score (nSPS) is 13.9. The number of halogens is 1. The van der Waals surface area contributed by atoms with Gasteiger partial charge in [-0.05, 0) is 67.8 Å². The van der Waals surface area contributed by atoms with Crippen molar-refractivity contribution in [1.82, 2.24) is 5.32 Å². The fourth-order valence-electron chi connectivity index (χ4n) is 2.32. The molecule has 26 heavy (non-hydrogen) atoms. The van der Waals surface area contributed by atoms with E-state index in [2.05, 4.69) is 10.0 Å². The minimum absolute atomic E-state index is 0.0501. The highest BCUT2D eigenvalue weighted by molar-refractivity contribution is 7.92. The highest BCUT2D eigenvalue weighted by Gasteiger charge is 2.23. The number of amides is 1. The molecule has 138 valence electrons. The fourth-order valence-corrected chi connectivity index (χ4v) is 3.47. The van der Waals surface area contributed by atoms with Gasteiger partial charge in [0.25, 0.3) is 15.9 Å². The van der Waals surface area contributed by atoms with Crippen molar-refractivity contribution in [2.24, 2.45) is 0 Å². The van der Waals surface area contributed by atoms with E-state index in [4.69, 9.17) is 4.74 Å². The second-order valence-electron chi connectivity index (χ2n) is 6.17. The van der Waals surface area contributed by atoms with Crippen molar-refractivity contribution < 1.29 is 22.3 Å². The minimum Gasteiger partial charge on any atom is -0.484 e. The molecule has 3 rings (SSSR count). The van der Waals surface area contributed by atoms with Crippen LogP contribution in [0.2, 0.25) is 0 Å². The first-order valence-electron chi connectivity index (χ1n) is 8.15. The van der Waals surface area contributed by atoms with E-state index in [9.17, 15) is 17.6 Å². The molecule has 1 fully saturated rings. The average Bonchev–Trinajstić information content (AvgIpc) is 3.39. The van der Waals surface area contributed by atoms with E-state index in [1.807, 2.05) is 0 Å². The third-order valence-corrected chi connectivity index (χ3v) is 5.23. The Kier molecular flexibility index (Phi) is 5.13. The van der Waals surface area contributed by atoms with Crippen molar-refractivity contribution in [3.63, 3.8) is 0 Å². The van der Waals surface area contributed by atoms with Crippen LogP contribution in [0.1, 0.15) is 18.4 Å². The van der Waals surface area contributed by atoms with Gasteiger partial charge < -0.3 is 10.1 Å². The maximum Gasteiger partial charge on any atom is 0.261 e. The number of nitrogens with one attached hydrogen (secondary N) is 2. The first-order chi connectivity index (χ1) is 12.3. The van der Waals surface area contributed by atoms with Gasteiger partial charge in [0.05, 0.1) is 4.90 Å². The third-order valence-electron chi connectivity index (χ3n) is 3.85. The van der Waals surface area contributed by atoms with Crippen molar-refractivity contribution in [3.8, 4) is 5.75 Å². The van der Waals surface area contributed by atoms with Crippen LogP contribution in [0.25, 0.3) is 0 Å². The predicted molar refractivity (Wildman–Crippen MR) is 95.0 cm³/mol. The Labute approximate surface area is 151 Å². The van der Waals surface area contributed by atoms with E-state index < -0.39 is 15.8 Å². The van der Waals surface area contributed by atoms with E-state index in [0.29, 0.717) is 11.3 Å². The number of ether oxygens (including phenoxy) is 1. The molecule has 0 aromatic heterocycles.